The molecule has 0 bridgehead atoms. The summed E-state index contributed by atoms with van der Waals surface area (Å²) in [5, 5.41) is 5.89. The van der Waals surface area contributed by atoms with Crippen LogP contribution in [0.25, 0.3) is 0 Å². The summed E-state index contributed by atoms with van der Waals surface area (Å²) in [7, 11) is 0. The summed E-state index contributed by atoms with van der Waals surface area (Å²) in [5.74, 6) is 1.24. The minimum Gasteiger partial charge on any atom is -0.489 e. The summed E-state index contributed by atoms with van der Waals surface area (Å²) in [4.78, 5) is 12.1. The molecule has 0 aliphatic heterocycles. The third kappa shape index (κ3) is 6.43. The number of ether oxygens (including phenoxy) is 2. The van der Waals surface area contributed by atoms with Crippen molar-refractivity contribution in [2.45, 2.75) is 0 Å². The van der Waals surface area contributed by atoms with Crippen LogP contribution in [-0.2, 0) is 4.79 Å². The van der Waals surface area contributed by atoms with Gasteiger partial charge in [-0.1, -0.05) is 37.4 Å². The molecule has 0 saturated heterocycles. The van der Waals surface area contributed by atoms with Gasteiger partial charge < -0.3 is 20.1 Å². The van der Waals surface area contributed by atoms with Gasteiger partial charge in [-0.05, 0) is 24.3 Å². The zero-order chi connectivity index (χ0) is 17.9. The van der Waals surface area contributed by atoms with Gasteiger partial charge in [0.05, 0.1) is 6.54 Å². The first-order valence-electron chi connectivity index (χ1n) is 7.92. The summed E-state index contributed by atoms with van der Waals surface area (Å²) in [6, 6.07) is 14.6. The number of nitrogens with one attached hydrogen (secondary N) is 2. The van der Waals surface area contributed by atoms with Crippen LogP contribution in [0.4, 0.5) is 11.4 Å². The lowest BCUT2D eigenvalue weighted by molar-refractivity contribution is -0.114. The van der Waals surface area contributed by atoms with Crippen LogP contribution >= 0.6 is 0 Å². The third-order valence-electron chi connectivity index (χ3n) is 3.14. The number of hydrogen-bond donors (Lipinski definition) is 2. The highest BCUT2D eigenvalue weighted by molar-refractivity contribution is 5.93. The predicted octanol–water partition coefficient (Wildman–Crippen LogP) is 3.87. The molecule has 5 nitrogen and oxygen atoms in total. The summed E-state index contributed by atoms with van der Waals surface area (Å²) >= 11 is 0. The summed E-state index contributed by atoms with van der Waals surface area (Å²) in [6.45, 7) is 8.22. The van der Waals surface area contributed by atoms with Gasteiger partial charge >= 0.3 is 0 Å². The van der Waals surface area contributed by atoms with Gasteiger partial charge in [0, 0.05) is 23.5 Å². The Morgan fingerprint density at radius 1 is 0.920 bits per heavy atom. The normalized spacial score (nSPS) is 9.76. The van der Waals surface area contributed by atoms with Crippen molar-refractivity contribution in [2.24, 2.45) is 0 Å². The van der Waals surface area contributed by atoms with E-state index in [1.54, 1.807) is 18.2 Å². The molecule has 130 valence electrons. The van der Waals surface area contributed by atoms with Crippen molar-refractivity contribution in [3.63, 3.8) is 0 Å². The Morgan fingerprint density at radius 2 is 1.48 bits per heavy atom. The van der Waals surface area contributed by atoms with Crippen molar-refractivity contribution in [1.29, 1.82) is 0 Å². The molecule has 0 heterocycles. The van der Waals surface area contributed by atoms with Crippen LogP contribution in [0.15, 0.2) is 73.8 Å². The van der Waals surface area contributed by atoms with Gasteiger partial charge in [-0.2, -0.15) is 0 Å². The van der Waals surface area contributed by atoms with E-state index in [9.17, 15) is 4.79 Å². The zero-order valence-electron chi connectivity index (χ0n) is 14.0. The maximum absolute atomic E-state index is 12.1. The van der Waals surface area contributed by atoms with E-state index in [1.807, 2.05) is 42.5 Å². The van der Waals surface area contributed by atoms with Gasteiger partial charge in [0.2, 0.25) is 5.91 Å². The van der Waals surface area contributed by atoms with E-state index in [0.717, 1.165) is 11.4 Å². The molecule has 25 heavy (non-hydrogen) atoms. The molecular weight excluding hydrogens is 316 g/mol. The summed E-state index contributed by atoms with van der Waals surface area (Å²) in [5.41, 5.74) is 1.48. The van der Waals surface area contributed by atoms with Crippen molar-refractivity contribution in [3.05, 3.63) is 73.8 Å². The molecule has 5 heteroatoms. The summed E-state index contributed by atoms with van der Waals surface area (Å²) in [6.07, 6.45) is 3.35. The molecule has 2 rings (SSSR count). The Hall–Kier alpha value is -3.21. The van der Waals surface area contributed by atoms with Crippen LogP contribution in [0, 0.1) is 0 Å². The molecule has 1 amide bonds. The van der Waals surface area contributed by atoms with Crippen LogP contribution in [0.2, 0.25) is 0 Å². The number of carbonyl (C=O) groups is 1. The van der Waals surface area contributed by atoms with Crippen molar-refractivity contribution in [1.82, 2.24) is 0 Å². The molecule has 0 atom stereocenters. The van der Waals surface area contributed by atoms with Crippen LogP contribution in [0.5, 0.6) is 11.5 Å². The van der Waals surface area contributed by atoms with Gasteiger partial charge in [0.15, 0.2) is 0 Å². The largest absolute Gasteiger partial charge is 0.489 e. The van der Waals surface area contributed by atoms with Crippen molar-refractivity contribution >= 4 is 17.3 Å². The smallest absolute Gasteiger partial charge is 0.243 e. The number of benzene rings is 2. The van der Waals surface area contributed by atoms with E-state index < -0.39 is 0 Å². The fourth-order valence-electron chi connectivity index (χ4n) is 2.06. The molecule has 0 aromatic heterocycles. The van der Waals surface area contributed by atoms with Gasteiger partial charge in [0.1, 0.15) is 24.7 Å². The first-order chi connectivity index (χ1) is 12.2. The standard InChI is InChI=1S/C20H22N2O3/c1-3-11-24-18-9-5-7-16(13-18)21-15-20(23)22-17-8-6-10-19(14-17)25-12-4-2/h3-10,13-14,21H,1-2,11-12,15H2,(H,22,23). The summed E-state index contributed by atoms with van der Waals surface area (Å²) < 4.78 is 10.9. The second kappa shape index (κ2) is 9.82. The average Bonchev–Trinajstić information content (AvgIpc) is 2.64. The van der Waals surface area contributed by atoms with E-state index in [2.05, 4.69) is 23.8 Å². The molecule has 0 fully saturated rings. The van der Waals surface area contributed by atoms with Gasteiger partial charge in [-0.25, -0.2) is 0 Å². The quantitative estimate of drug-likeness (QED) is 0.646. The molecule has 0 saturated carbocycles. The first kappa shape index (κ1) is 18.1. The predicted molar refractivity (Wildman–Crippen MR) is 101 cm³/mol. The molecule has 0 unspecified atom stereocenters. The van der Waals surface area contributed by atoms with E-state index in [1.165, 1.54) is 0 Å². The van der Waals surface area contributed by atoms with Crippen molar-refractivity contribution in [3.8, 4) is 11.5 Å². The van der Waals surface area contributed by atoms with E-state index in [0.29, 0.717) is 24.7 Å². The van der Waals surface area contributed by atoms with Crippen LogP contribution in [0.3, 0.4) is 0 Å². The second-order valence-electron chi connectivity index (χ2n) is 5.16. The maximum atomic E-state index is 12.1. The molecule has 2 aromatic rings. The molecule has 0 aliphatic carbocycles. The topological polar surface area (TPSA) is 59.6 Å². The van der Waals surface area contributed by atoms with Gasteiger partial charge in [-0.3, -0.25) is 4.79 Å². The van der Waals surface area contributed by atoms with Gasteiger partial charge in [0.25, 0.3) is 0 Å². The molecule has 0 spiro atoms. The Kier molecular flexibility index (Phi) is 7.13. The third-order valence-corrected chi connectivity index (χ3v) is 3.14. The highest BCUT2D eigenvalue weighted by atomic mass is 16.5. The molecule has 2 aromatic carbocycles. The second-order valence-corrected chi connectivity index (χ2v) is 5.16. The fourth-order valence-corrected chi connectivity index (χ4v) is 2.06. The lowest BCUT2D eigenvalue weighted by Crippen LogP contribution is -2.21. The Labute approximate surface area is 148 Å². The molecule has 0 aliphatic rings. The molecule has 0 radical (unpaired) electrons. The first-order valence-corrected chi connectivity index (χ1v) is 7.92. The lowest BCUT2D eigenvalue weighted by atomic mass is 10.3. The average molecular weight is 338 g/mol. The highest BCUT2D eigenvalue weighted by Crippen LogP contribution is 2.18. The van der Waals surface area contributed by atoms with Crippen LogP contribution < -0.4 is 20.1 Å². The van der Waals surface area contributed by atoms with E-state index >= 15 is 0 Å². The fraction of sp³-hybridized carbons (Fsp3) is 0.150. The van der Waals surface area contributed by atoms with Crippen molar-refractivity contribution < 1.29 is 14.3 Å². The molecule has 2 N–H and O–H groups in total. The molecular formula is C20H22N2O3. The minimum atomic E-state index is -0.154. The monoisotopic (exact) mass is 338 g/mol. The van der Waals surface area contributed by atoms with E-state index in [-0.39, 0.29) is 12.5 Å². The highest BCUT2D eigenvalue weighted by Gasteiger charge is 2.04. The maximum Gasteiger partial charge on any atom is 0.243 e. The minimum absolute atomic E-state index is 0.142. The number of hydrogen-bond acceptors (Lipinski definition) is 4. The number of anilines is 2. The number of amides is 1. The van der Waals surface area contributed by atoms with Crippen molar-refractivity contribution in [2.75, 3.05) is 30.4 Å². The van der Waals surface area contributed by atoms with Crippen LogP contribution in [-0.4, -0.2) is 25.7 Å². The Balaban J connectivity index is 1.86. The van der Waals surface area contributed by atoms with Crippen LogP contribution in [0.1, 0.15) is 0 Å². The SMILES string of the molecule is C=CCOc1cccc(NCC(=O)Nc2cccc(OCC=C)c2)c1. The Bertz CT molecular complexity index is 728. The number of carbonyl (C=O) groups excluding carboxylic acids is 1. The zero-order valence-corrected chi connectivity index (χ0v) is 14.0. The van der Waals surface area contributed by atoms with E-state index in [4.69, 9.17) is 9.47 Å². The number of rotatable bonds is 10. The lowest BCUT2D eigenvalue weighted by Gasteiger charge is -2.10. The van der Waals surface area contributed by atoms with Gasteiger partial charge in [-0.15, -0.1) is 0 Å². The Morgan fingerprint density at radius 3 is 2.08 bits per heavy atom.